The highest BCUT2D eigenvalue weighted by molar-refractivity contribution is 5.53. The molecule has 0 unspecified atom stereocenters. The van der Waals surface area contributed by atoms with Crippen LogP contribution in [0.1, 0.15) is 19.4 Å². The van der Waals surface area contributed by atoms with Crippen molar-refractivity contribution in [2.45, 2.75) is 20.8 Å². The van der Waals surface area contributed by atoms with Crippen LogP contribution in [0.3, 0.4) is 0 Å². The Morgan fingerprint density at radius 3 is 2.73 bits per heavy atom. The fraction of sp³-hybridized carbons (Fsp3) is 0.545. The van der Waals surface area contributed by atoms with Crippen LogP contribution in [0.4, 0.5) is 11.5 Å². The molecule has 0 aromatic carbocycles. The Bertz CT molecular complexity index is 337. The van der Waals surface area contributed by atoms with Gasteiger partial charge >= 0.3 is 0 Å². The monoisotopic (exact) mass is 209 g/mol. The average Bonchev–Trinajstić information content (AvgIpc) is 2.20. The Hall–Kier alpha value is -1.29. The fourth-order valence-corrected chi connectivity index (χ4v) is 1.02. The predicted octanol–water partition coefficient (Wildman–Crippen LogP) is 1.40. The highest BCUT2D eigenvalue weighted by Crippen LogP contribution is 2.17. The number of aliphatic hydroxyl groups excluding tert-OH is 1. The summed E-state index contributed by atoms with van der Waals surface area (Å²) in [4.78, 5) is 4.20. The molecule has 0 amide bonds. The lowest BCUT2D eigenvalue weighted by molar-refractivity contribution is 0.170. The van der Waals surface area contributed by atoms with Gasteiger partial charge in [0.1, 0.15) is 5.82 Å². The first-order chi connectivity index (χ1) is 6.94. The maximum absolute atomic E-state index is 9.09. The summed E-state index contributed by atoms with van der Waals surface area (Å²) in [6, 6.07) is 1.81. The van der Waals surface area contributed by atoms with Crippen LogP contribution in [0.2, 0.25) is 0 Å². The third-order valence-electron chi connectivity index (χ3n) is 2.32. The van der Waals surface area contributed by atoms with Gasteiger partial charge in [-0.05, 0) is 12.5 Å². The van der Waals surface area contributed by atoms with Gasteiger partial charge in [0.15, 0.2) is 0 Å². The summed E-state index contributed by atoms with van der Waals surface area (Å²) in [6.45, 7) is 6.69. The van der Waals surface area contributed by atoms with E-state index in [0.717, 1.165) is 17.1 Å². The zero-order chi connectivity index (χ0) is 11.5. The van der Waals surface area contributed by atoms with Crippen LogP contribution < -0.4 is 11.1 Å². The molecule has 4 heteroatoms. The number of hydrogen-bond acceptors (Lipinski definition) is 4. The number of hydrogen-bond donors (Lipinski definition) is 3. The van der Waals surface area contributed by atoms with E-state index in [1.165, 1.54) is 0 Å². The summed E-state index contributed by atoms with van der Waals surface area (Å²) in [5.74, 6) is 0.750. The predicted molar refractivity (Wildman–Crippen MR) is 62.7 cm³/mol. The summed E-state index contributed by atoms with van der Waals surface area (Å²) in [6.07, 6.45) is 1.74. The lowest BCUT2D eigenvalue weighted by Gasteiger charge is -2.22. The Morgan fingerprint density at radius 1 is 1.53 bits per heavy atom. The maximum atomic E-state index is 9.09. The van der Waals surface area contributed by atoms with Crippen molar-refractivity contribution in [3.63, 3.8) is 0 Å². The first kappa shape index (κ1) is 11.8. The molecular formula is C11H19N3O. The molecule has 1 aromatic rings. The Kier molecular flexibility index (Phi) is 3.52. The number of rotatable bonds is 4. The van der Waals surface area contributed by atoms with Gasteiger partial charge in [-0.3, -0.25) is 0 Å². The van der Waals surface area contributed by atoms with Crippen molar-refractivity contribution in [3.05, 3.63) is 17.8 Å². The molecule has 0 spiro atoms. The number of anilines is 2. The topological polar surface area (TPSA) is 71.2 Å². The van der Waals surface area contributed by atoms with E-state index < -0.39 is 0 Å². The quantitative estimate of drug-likeness (QED) is 0.701. The van der Waals surface area contributed by atoms with Gasteiger partial charge in [0.25, 0.3) is 0 Å². The zero-order valence-corrected chi connectivity index (χ0v) is 9.54. The van der Waals surface area contributed by atoms with E-state index in [2.05, 4.69) is 10.3 Å². The largest absolute Gasteiger partial charge is 0.398 e. The molecule has 4 nitrogen and oxygen atoms in total. The van der Waals surface area contributed by atoms with Crippen molar-refractivity contribution >= 4 is 11.5 Å². The van der Waals surface area contributed by atoms with Crippen LogP contribution in [0.25, 0.3) is 0 Å². The smallest absolute Gasteiger partial charge is 0.127 e. The second-order valence-corrected chi connectivity index (χ2v) is 4.60. The third kappa shape index (κ3) is 3.40. The normalized spacial score (nSPS) is 11.5. The van der Waals surface area contributed by atoms with Crippen LogP contribution in [0.15, 0.2) is 12.3 Å². The van der Waals surface area contributed by atoms with Gasteiger partial charge in [0.05, 0.1) is 0 Å². The van der Waals surface area contributed by atoms with Crippen LogP contribution in [0, 0.1) is 12.3 Å². The SMILES string of the molecule is Cc1cnc(NCC(C)(C)CO)cc1N. The van der Waals surface area contributed by atoms with Crippen molar-refractivity contribution in [1.29, 1.82) is 0 Å². The molecule has 4 N–H and O–H groups in total. The van der Waals surface area contributed by atoms with Crippen molar-refractivity contribution in [3.8, 4) is 0 Å². The lowest BCUT2D eigenvalue weighted by atomic mass is 9.95. The van der Waals surface area contributed by atoms with E-state index >= 15 is 0 Å². The van der Waals surface area contributed by atoms with Gasteiger partial charge in [0.2, 0.25) is 0 Å². The lowest BCUT2D eigenvalue weighted by Crippen LogP contribution is -2.27. The van der Waals surface area contributed by atoms with Crippen molar-refractivity contribution in [2.24, 2.45) is 5.41 Å². The number of nitrogens with two attached hydrogens (primary N) is 1. The number of nitrogens with zero attached hydrogens (tertiary/aromatic N) is 1. The zero-order valence-electron chi connectivity index (χ0n) is 9.54. The van der Waals surface area contributed by atoms with E-state index in [0.29, 0.717) is 6.54 Å². The standard InChI is InChI=1S/C11H19N3O/c1-8-5-13-10(4-9(8)12)14-6-11(2,3)7-15/h4-5,15H,6-7H2,1-3H3,(H3,12,13,14). The van der Waals surface area contributed by atoms with Crippen LogP contribution in [-0.4, -0.2) is 23.2 Å². The minimum Gasteiger partial charge on any atom is -0.398 e. The minimum absolute atomic E-state index is 0.140. The molecule has 0 radical (unpaired) electrons. The number of aliphatic hydroxyl groups is 1. The number of nitrogens with one attached hydrogen (secondary N) is 1. The Morgan fingerprint density at radius 2 is 2.20 bits per heavy atom. The van der Waals surface area contributed by atoms with Gasteiger partial charge in [-0.2, -0.15) is 0 Å². The number of aryl methyl sites for hydroxylation is 1. The van der Waals surface area contributed by atoms with Gasteiger partial charge in [0, 0.05) is 36.5 Å². The molecule has 0 fully saturated rings. The molecule has 15 heavy (non-hydrogen) atoms. The molecule has 0 aliphatic carbocycles. The maximum Gasteiger partial charge on any atom is 0.127 e. The number of aromatic nitrogens is 1. The first-order valence-corrected chi connectivity index (χ1v) is 5.01. The van der Waals surface area contributed by atoms with Crippen molar-refractivity contribution in [1.82, 2.24) is 4.98 Å². The molecule has 0 saturated carbocycles. The van der Waals surface area contributed by atoms with E-state index in [1.54, 1.807) is 6.20 Å². The molecular weight excluding hydrogens is 190 g/mol. The summed E-state index contributed by atoms with van der Waals surface area (Å²) in [5, 5.41) is 12.2. The van der Waals surface area contributed by atoms with Gasteiger partial charge < -0.3 is 16.2 Å². The van der Waals surface area contributed by atoms with E-state index in [-0.39, 0.29) is 12.0 Å². The minimum atomic E-state index is -0.151. The molecule has 0 aliphatic rings. The van der Waals surface area contributed by atoms with Crippen LogP contribution in [-0.2, 0) is 0 Å². The Labute approximate surface area is 90.5 Å². The molecule has 1 aromatic heterocycles. The number of pyridine rings is 1. The number of nitrogen functional groups attached to an aromatic ring is 1. The van der Waals surface area contributed by atoms with E-state index in [9.17, 15) is 0 Å². The van der Waals surface area contributed by atoms with E-state index in [1.807, 2.05) is 26.8 Å². The summed E-state index contributed by atoms with van der Waals surface area (Å²) < 4.78 is 0. The summed E-state index contributed by atoms with van der Waals surface area (Å²) in [7, 11) is 0. The van der Waals surface area contributed by atoms with Crippen LogP contribution in [0.5, 0.6) is 0 Å². The Balaban J connectivity index is 2.62. The average molecular weight is 209 g/mol. The molecule has 0 aliphatic heterocycles. The molecule has 1 rings (SSSR count). The molecule has 0 bridgehead atoms. The molecule has 0 saturated heterocycles. The summed E-state index contributed by atoms with van der Waals surface area (Å²) >= 11 is 0. The molecule has 1 heterocycles. The van der Waals surface area contributed by atoms with Crippen molar-refractivity contribution < 1.29 is 5.11 Å². The first-order valence-electron chi connectivity index (χ1n) is 5.01. The van der Waals surface area contributed by atoms with Crippen molar-refractivity contribution in [2.75, 3.05) is 24.2 Å². The van der Waals surface area contributed by atoms with E-state index in [4.69, 9.17) is 10.8 Å². The highest BCUT2D eigenvalue weighted by Gasteiger charge is 2.16. The van der Waals surface area contributed by atoms with Gasteiger partial charge in [-0.1, -0.05) is 13.8 Å². The van der Waals surface area contributed by atoms with Gasteiger partial charge in [-0.15, -0.1) is 0 Å². The van der Waals surface area contributed by atoms with Gasteiger partial charge in [-0.25, -0.2) is 4.98 Å². The molecule has 84 valence electrons. The summed E-state index contributed by atoms with van der Waals surface area (Å²) in [5.41, 5.74) is 7.32. The third-order valence-corrected chi connectivity index (χ3v) is 2.32. The fourth-order valence-electron chi connectivity index (χ4n) is 1.02. The second kappa shape index (κ2) is 4.49. The highest BCUT2D eigenvalue weighted by atomic mass is 16.3. The second-order valence-electron chi connectivity index (χ2n) is 4.60. The van der Waals surface area contributed by atoms with Crippen LogP contribution >= 0.6 is 0 Å². The molecule has 0 atom stereocenters.